The Morgan fingerprint density at radius 2 is 1.78 bits per heavy atom. The maximum absolute atomic E-state index is 13.5. The molecule has 0 spiro atoms. The molecule has 0 aliphatic carbocycles. The molecule has 0 radical (unpaired) electrons. The summed E-state index contributed by atoms with van der Waals surface area (Å²) in [6.07, 6.45) is -1.06. The highest BCUT2D eigenvalue weighted by Crippen LogP contribution is 2.40. The Hall–Kier alpha value is -4.03. The molecule has 0 bridgehead atoms. The molecule has 218 valence electrons. The summed E-state index contributed by atoms with van der Waals surface area (Å²) in [5.41, 5.74) is -0.297. The van der Waals surface area contributed by atoms with Crippen molar-refractivity contribution >= 4 is 29.2 Å². The van der Waals surface area contributed by atoms with Gasteiger partial charge in [0.2, 0.25) is 0 Å². The number of carbonyl (C=O) groups is 2. The third-order valence-electron chi connectivity index (χ3n) is 6.29. The number of rotatable bonds is 10. The Morgan fingerprint density at radius 1 is 1.05 bits per heavy atom. The van der Waals surface area contributed by atoms with E-state index in [-0.39, 0.29) is 36.2 Å². The third kappa shape index (κ3) is 8.48. The first-order chi connectivity index (χ1) is 19.6. The molecule has 13 heteroatoms. The zero-order chi connectivity index (χ0) is 29.4. The zero-order valence-electron chi connectivity index (χ0n) is 22.2. The molecule has 0 saturated carbocycles. The number of likely N-dealkylation sites (tertiary alicyclic amines) is 1. The van der Waals surface area contributed by atoms with Gasteiger partial charge in [-0.3, -0.25) is 14.7 Å². The van der Waals surface area contributed by atoms with Crippen LogP contribution in [0.2, 0.25) is 5.02 Å². The third-order valence-corrected chi connectivity index (χ3v) is 6.60. The summed E-state index contributed by atoms with van der Waals surface area (Å²) in [5, 5.41) is 7.05. The van der Waals surface area contributed by atoms with Gasteiger partial charge in [0.25, 0.3) is 5.91 Å². The van der Waals surface area contributed by atoms with Gasteiger partial charge in [0.05, 0.1) is 16.3 Å². The molecule has 1 aliphatic rings. The van der Waals surface area contributed by atoms with E-state index in [4.69, 9.17) is 21.1 Å². The van der Waals surface area contributed by atoms with Crippen molar-refractivity contribution in [3.63, 3.8) is 0 Å². The number of ether oxygens (including phenoxy) is 2. The molecular weight excluding hydrogens is 563 g/mol. The number of hydrogen-bond acceptors (Lipinski definition) is 6. The van der Waals surface area contributed by atoms with Gasteiger partial charge in [0.1, 0.15) is 29.5 Å². The van der Waals surface area contributed by atoms with E-state index in [0.29, 0.717) is 23.6 Å². The molecule has 1 saturated heterocycles. The van der Waals surface area contributed by atoms with Crippen molar-refractivity contribution in [3.8, 4) is 17.2 Å². The summed E-state index contributed by atoms with van der Waals surface area (Å²) in [6, 6.07) is 11.0. The van der Waals surface area contributed by atoms with Crippen LogP contribution >= 0.6 is 11.6 Å². The quantitative estimate of drug-likeness (QED) is 0.279. The van der Waals surface area contributed by atoms with Gasteiger partial charge in [0, 0.05) is 38.5 Å². The first kappa shape index (κ1) is 29.9. The molecule has 1 aromatic heterocycles. The molecule has 1 aliphatic heterocycles. The first-order valence-electron chi connectivity index (χ1n) is 12.9. The number of nitrogens with one attached hydrogen (secondary N) is 3. The smallest absolute Gasteiger partial charge is 0.417 e. The van der Waals surface area contributed by atoms with Gasteiger partial charge in [-0.2, -0.15) is 13.2 Å². The van der Waals surface area contributed by atoms with E-state index < -0.39 is 22.8 Å². The van der Waals surface area contributed by atoms with Crippen molar-refractivity contribution < 1.29 is 32.2 Å². The molecule has 4 rings (SSSR count). The molecule has 2 aromatic carbocycles. The Kier molecular flexibility index (Phi) is 9.90. The number of amides is 3. The second-order valence-corrected chi connectivity index (χ2v) is 9.64. The van der Waals surface area contributed by atoms with E-state index in [0.717, 1.165) is 38.1 Å². The van der Waals surface area contributed by atoms with Gasteiger partial charge < -0.3 is 25.4 Å². The predicted molar refractivity (Wildman–Crippen MR) is 148 cm³/mol. The average molecular weight is 592 g/mol. The van der Waals surface area contributed by atoms with E-state index in [1.807, 2.05) is 0 Å². The van der Waals surface area contributed by atoms with Crippen molar-refractivity contribution in [3.05, 3.63) is 76.6 Å². The molecular formula is C28H29ClF3N5O4. The maximum Gasteiger partial charge on any atom is 0.417 e. The lowest BCUT2D eigenvalue weighted by atomic mass is 10.1. The van der Waals surface area contributed by atoms with Crippen molar-refractivity contribution in [2.45, 2.75) is 25.6 Å². The molecule has 41 heavy (non-hydrogen) atoms. The summed E-state index contributed by atoms with van der Waals surface area (Å²) in [6.45, 7) is 2.83. The van der Waals surface area contributed by atoms with Gasteiger partial charge >= 0.3 is 12.2 Å². The largest absolute Gasteiger partial charge is 0.490 e. The number of anilines is 1. The number of halogens is 4. The summed E-state index contributed by atoms with van der Waals surface area (Å²) in [7, 11) is 1.50. The summed E-state index contributed by atoms with van der Waals surface area (Å²) in [5.74, 6) is 0.617. The van der Waals surface area contributed by atoms with Crippen LogP contribution in [0.1, 0.15) is 34.5 Å². The normalized spacial score (nSPS) is 13.5. The molecule has 3 N–H and O–H groups in total. The van der Waals surface area contributed by atoms with Crippen molar-refractivity contribution in [1.29, 1.82) is 0 Å². The second kappa shape index (κ2) is 13.6. The fourth-order valence-corrected chi connectivity index (χ4v) is 4.43. The lowest BCUT2D eigenvalue weighted by Gasteiger charge is -2.19. The Balaban J connectivity index is 1.36. The van der Waals surface area contributed by atoms with E-state index >= 15 is 0 Å². The lowest BCUT2D eigenvalue weighted by molar-refractivity contribution is -0.137. The highest BCUT2D eigenvalue weighted by Gasteiger charge is 2.34. The number of urea groups is 1. The van der Waals surface area contributed by atoms with Gasteiger partial charge in [0.15, 0.2) is 0 Å². The number of carbonyl (C=O) groups excluding carboxylic acids is 2. The number of aromatic nitrogens is 1. The molecule has 1 fully saturated rings. The van der Waals surface area contributed by atoms with Gasteiger partial charge in [-0.15, -0.1) is 0 Å². The standard InChI is InChI=1S/C28H29ClF3N5O4/c1-33-26(38)24-14-20(8-9-34-24)41-19-6-4-18(5-7-19)17-35-27(39)36-23-15-21(28(30,31)32)22(29)16-25(23)40-13-12-37-10-2-3-11-37/h4-9,14-16H,2-3,10-13,17H2,1H3,(H,33,38)(H2,35,36,39). The van der Waals surface area contributed by atoms with Crippen LogP contribution in [-0.4, -0.2) is 55.1 Å². The SMILES string of the molecule is CNC(=O)c1cc(Oc2ccc(CNC(=O)Nc3cc(C(F)(F)F)c(Cl)cc3OCCN3CCCC3)cc2)ccn1. The lowest BCUT2D eigenvalue weighted by Crippen LogP contribution is -2.29. The maximum atomic E-state index is 13.5. The van der Waals surface area contributed by atoms with Gasteiger partial charge in [-0.05, 0) is 55.8 Å². The van der Waals surface area contributed by atoms with Crippen LogP contribution in [-0.2, 0) is 12.7 Å². The topological polar surface area (TPSA) is 105 Å². The Bertz CT molecular complexity index is 1370. The molecule has 2 heterocycles. The van der Waals surface area contributed by atoms with Crippen LogP contribution in [0.25, 0.3) is 0 Å². The predicted octanol–water partition coefficient (Wildman–Crippen LogP) is 5.70. The molecule has 0 unspecified atom stereocenters. The van der Waals surface area contributed by atoms with E-state index in [2.05, 4.69) is 25.8 Å². The number of benzene rings is 2. The number of hydrogen-bond donors (Lipinski definition) is 3. The summed E-state index contributed by atoms with van der Waals surface area (Å²) in [4.78, 5) is 30.6. The van der Waals surface area contributed by atoms with E-state index in [1.165, 1.54) is 19.3 Å². The van der Waals surface area contributed by atoms with Crippen LogP contribution in [0.15, 0.2) is 54.7 Å². The molecule has 9 nitrogen and oxygen atoms in total. The number of nitrogens with zero attached hydrogens (tertiary/aromatic N) is 2. The summed E-state index contributed by atoms with van der Waals surface area (Å²) < 4.78 is 51.9. The minimum Gasteiger partial charge on any atom is -0.490 e. The Morgan fingerprint density at radius 3 is 2.46 bits per heavy atom. The molecule has 3 aromatic rings. The van der Waals surface area contributed by atoms with Gasteiger partial charge in [-0.1, -0.05) is 23.7 Å². The zero-order valence-corrected chi connectivity index (χ0v) is 22.9. The van der Waals surface area contributed by atoms with E-state index in [9.17, 15) is 22.8 Å². The van der Waals surface area contributed by atoms with Crippen LogP contribution in [0.3, 0.4) is 0 Å². The molecule has 3 amide bonds. The van der Waals surface area contributed by atoms with Gasteiger partial charge in [-0.25, -0.2) is 4.79 Å². The fraction of sp³-hybridized carbons (Fsp3) is 0.321. The highest BCUT2D eigenvalue weighted by atomic mass is 35.5. The van der Waals surface area contributed by atoms with Crippen molar-refractivity contribution in [2.75, 3.05) is 38.6 Å². The molecule has 0 atom stereocenters. The van der Waals surface area contributed by atoms with Crippen LogP contribution in [0.4, 0.5) is 23.7 Å². The summed E-state index contributed by atoms with van der Waals surface area (Å²) >= 11 is 5.89. The van der Waals surface area contributed by atoms with Crippen molar-refractivity contribution in [2.24, 2.45) is 0 Å². The highest BCUT2D eigenvalue weighted by molar-refractivity contribution is 6.31. The Labute approximate surface area is 240 Å². The fourth-order valence-electron chi connectivity index (χ4n) is 4.17. The monoisotopic (exact) mass is 591 g/mol. The van der Waals surface area contributed by atoms with Crippen LogP contribution in [0.5, 0.6) is 17.2 Å². The average Bonchev–Trinajstić information content (AvgIpc) is 3.46. The van der Waals surface area contributed by atoms with Crippen LogP contribution < -0.4 is 25.4 Å². The minimum atomic E-state index is -4.71. The minimum absolute atomic E-state index is 0.0505. The number of pyridine rings is 1. The van der Waals surface area contributed by atoms with Crippen LogP contribution in [0, 0.1) is 0 Å². The van der Waals surface area contributed by atoms with E-state index in [1.54, 1.807) is 30.3 Å². The van der Waals surface area contributed by atoms with Crippen molar-refractivity contribution in [1.82, 2.24) is 20.5 Å². The number of alkyl halides is 3. The first-order valence-corrected chi connectivity index (χ1v) is 13.3. The second-order valence-electron chi connectivity index (χ2n) is 9.23.